The van der Waals surface area contributed by atoms with Gasteiger partial charge in [-0.15, -0.1) is 0 Å². The topological polar surface area (TPSA) is 87.5 Å². The minimum Gasteiger partial charge on any atom is -0.481 e. The first kappa shape index (κ1) is 11.9. The molecule has 0 aromatic carbocycles. The monoisotopic (exact) mass is 221 g/mol. The van der Waals surface area contributed by atoms with Crippen LogP contribution in [0, 0.1) is 0 Å². The van der Waals surface area contributed by atoms with E-state index in [-0.39, 0.29) is 18.4 Å². The number of carboxylic acids is 2. The van der Waals surface area contributed by atoms with E-state index in [1.807, 2.05) is 0 Å². The summed E-state index contributed by atoms with van der Waals surface area (Å²) in [6.45, 7) is 0. The van der Waals surface area contributed by atoms with E-state index in [1.54, 1.807) is 24.5 Å². The lowest BCUT2D eigenvalue weighted by atomic mass is 10.1. The van der Waals surface area contributed by atoms with Gasteiger partial charge in [-0.3, -0.25) is 9.78 Å². The Morgan fingerprint density at radius 1 is 1.19 bits per heavy atom. The van der Waals surface area contributed by atoms with Crippen molar-refractivity contribution < 1.29 is 19.8 Å². The van der Waals surface area contributed by atoms with Crippen LogP contribution in [0.1, 0.15) is 18.4 Å². The summed E-state index contributed by atoms with van der Waals surface area (Å²) < 4.78 is 0. The van der Waals surface area contributed by atoms with Crippen molar-refractivity contribution in [3.8, 4) is 0 Å². The van der Waals surface area contributed by atoms with Crippen molar-refractivity contribution in [1.82, 2.24) is 4.98 Å². The minimum absolute atomic E-state index is 0.00693. The van der Waals surface area contributed by atoms with Crippen LogP contribution in [-0.4, -0.2) is 27.1 Å². The van der Waals surface area contributed by atoms with Crippen LogP contribution in [0.25, 0.3) is 6.08 Å². The highest BCUT2D eigenvalue weighted by atomic mass is 16.4. The molecular weight excluding hydrogens is 210 g/mol. The van der Waals surface area contributed by atoms with Crippen molar-refractivity contribution >= 4 is 18.0 Å². The summed E-state index contributed by atoms with van der Waals surface area (Å²) in [6.07, 6.45) is 4.36. The zero-order valence-corrected chi connectivity index (χ0v) is 8.46. The normalized spacial score (nSPS) is 11.1. The number of hydrogen-bond donors (Lipinski definition) is 2. The van der Waals surface area contributed by atoms with Crippen molar-refractivity contribution in [2.75, 3.05) is 0 Å². The predicted octanol–water partition coefficient (Wildman–Crippen LogP) is 1.41. The number of aromatic nitrogens is 1. The third-order valence-electron chi connectivity index (χ3n) is 1.93. The molecule has 0 aliphatic rings. The molecule has 0 aliphatic heterocycles. The summed E-state index contributed by atoms with van der Waals surface area (Å²) in [5.41, 5.74) is 0.770. The standard InChI is InChI=1S/C11H11NO4/c13-10(14)2-1-9(11(15)16)7-8-3-5-12-6-4-8/h3-7H,1-2H2,(H,13,14)(H,15,16)/b9-7+. The quantitative estimate of drug-likeness (QED) is 0.734. The average Bonchev–Trinajstić information content (AvgIpc) is 2.25. The highest BCUT2D eigenvalue weighted by Gasteiger charge is 2.09. The number of pyridine rings is 1. The van der Waals surface area contributed by atoms with Crippen LogP contribution in [-0.2, 0) is 9.59 Å². The Labute approximate surface area is 92.1 Å². The zero-order chi connectivity index (χ0) is 12.0. The maximum Gasteiger partial charge on any atom is 0.331 e. The SMILES string of the molecule is O=C(O)CC/C(=C\c1ccncc1)C(=O)O. The molecule has 0 fully saturated rings. The van der Waals surface area contributed by atoms with E-state index in [1.165, 1.54) is 6.08 Å². The highest BCUT2D eigenvalue weighted by molar-refractivity contribution is 5.92. The molecule has 0 bridgehead atoms. The number of aliphatic carboxylic acids is 2. The molecule has 5 nitrogen and oxygen atoms in total. The molecule has 0 saturated carbocycles. The van der Waals surface area contributed by atoms with Crippen molar-refractivity contribution in [3.05, 3.63) is 35.7 Å². The van der Waals surface area contributed by atoms with Gasteiger partial charge in [-0.25, -0.2) is 4.79 Å². The Kier molecular flexibility index (Phi) is 4.20. The lowest BCUT2D eigenvalue weighted by Crippen LogP contribution is -2.04. The van der Waals surface area contributed by atoms with Crippen LogP contribution >= 0.6 is 0 Å². The molecule has 1 aromatic heterocycles. The number of hydrogen-bond acceptors (Lipinski definition) is 3. The van der Waals surface area contributed by atoms with Gasteiger partial charge < -0.3 is 10.2 Å². The van der Waals surface area contributed by atoms with E-state index < -0.39 is 11.9 Å². The summed E-state index contributed by atoms with van der Waals surface area (Å²) in [5.74, 6) is -2.11. The average molecular weight is 221 g/mol. The first-order chi connectivity index (χ1) is 7.59. The van der Waals surface area contributed by atoms with Crippen molar-refractivity contribution in [1.29, 1.82) is 0 Å². The third kappa shape index (κ3) is 3.91. The van der Waals surface area contributed by atoms with Crippen molar-refractivity contribution in [2.24, 2.45) is 0 Å². The molecule has 0 atom stereocenters. The molecule has 0 spiro atoms. The van der Waals surface area contributed by atoms with Crippen LogP contribution in [0.2, 0.25) is 0 Å². The van der Waals surface area contributed by atoms with Gasteiger partial charge in [-0.2, -0.15) is 0 Å². The van der Waals surface area contributed by atoms with Crippen LogP contribution in [0.4, 0.5) is 0 Å². The molecule has 16 heavy (non-hydrogen) atoms. The Hall–Kier alpha value is -2.17. The van der Waals surface area contributed by atoms with Gasteiger partial charge in [0.05, 0.1) is 0 Å². The first-order valence-electron chi connectivity index (χ1n) is 4.65. The molecule has 1 heterocycles. The molecule has 1 rings (SSSR count). The van der Waals surface area contributed by atoms with Gasteiger partial charge in [0.1, 0.15) is 0 Å². The fourth-order valence-electron chi connectivity index (χ4n) is 1.14. The van der Waals surface area contributed by atoms with Gasteiger partial charge in [0.25, 0.3) is 0 Å². The molecule has 0 amide bonds. The molecule has 0 aliphatic carbocycles. The van der Waals surface area contributed by atoms with Gasteiger partial charge >= 0.3 is 11.9 Å². The summed E-state index contributed by atoms with van der Waals surface area (Å²) >= 11 is 0. The molecule has 2 N–H and O–H groups in total. The van der Waals surface area contributed by atoms with Crippen molar-refractivity contribution in [3.63, 3.8) is 0 Å². The lowest BCUT2D eigenvalue weighted by Gasteiger charge is -2.00. The highest BCUT2D eigenvalue weighted by Crippen LogP contribution is 2.11. The number of carboxylic acid groups (broad SMARTS) is 2. The Balaban J connectivity index is 2.81. The lowest BCUT2D eigenvalue weighted by molar-refractivity contribution is -0.137. The van der Waals surface area contributed by atoms with E-state index in [4.69, 9.17) is 10.2 Å². The van der Waals surface area contributed by atoms with Crippen LogP contribution in [0.15, 0.2) is 30.1 Å². The maximum absolute atomic E-state index is 10.8. The Bertz CT molecular complexity index is 411. The molecule has 84 valence electrons. The second-order valence-corrected chi connectivity index (χ2v) is 3.15. The smallest absolute Gasteiger partial charge is 0.331 e. The van der Waals surface area contributed by atoms with E-state index in [2.05, 4.69) is 4.98 Å². The third-order valence-corrected chi connectivity index (χ3v) is 1.93. The van der Waals surface area contributed by atoms with Crippen LogP contribution < -0.4 is 0 Å². The summed E-state index contributed by atoms with van der Waals surface area (Å²) in [7, 11) is 0. The van der Waals surface area contributed by atoms with Gasteiger partial charge in [0.2, 0.25) is 0 Å². The van der Waals surface area contributed by atoms with Crippen LogP contribution in [0.5, 0.6) is 0 Å². The van der Waals surface area contributed by atoms with E-state index >= 15 is 0 Å². The molecule has 0 radical (unpaired) electrons. The number of rotatable bonds is 5. The number of carbonyl (C=O) groups is 2. The van der Waals surface area contributed by atoms with Crippen LogP contribution in [0.3, 0.4) is 0 Å². The zero-order valence-electron chi connectivity index (χ0n) is 8.46. The number of nitrogens with zero attached hydrogens (tertiary/aromatic N) is 1. The maximum atomic E-state index is 10.8. The summed E-state index contributed by atoms with van der Waals surface area (Å²) in [4.78, 5) is 25.0. The van der Waals surface area contributed by atoms with E-state index in [0.717, 1.165) is 0 Å². The Morgan fingerprint density at radius 3 is 2.31 bits per heavy atom. The Morgan fingerprint density at radius 2 is 1.81 bits per heavy atom. The fourth-order valence-corrected chi connectivity index (χ4v) is 1.14. The molecule has 1 aromatic rings. The fraction of sp³-hybridized carbons (Fsp3) is 0.182. The van der Waals surface area contributed by atoms with E-state index in [9.17, 15) is 9.59 Å². The van der Waals surface area contributed by atoms with E-state index in [0.29, 0.717) is 5.56 Å². The van der Waals surface area contributed by atoms with Gasteiger partial charge in [-0.05, 0) is 30.2 Å². The predicted molar refractivity (Wildman–Crippen MR) is 56.7 cm³/mol. The summed E-state index contributed by atoms with van der Waals surface area (Å²) in [5, 5.41) is 17.4. The summed E-state index contributed by atoms with van der Waals surface area (Å²) in [6, 6.07) is 3.31. The molecule has 5 heteroatoms. The minimum atomic E-state index is -1.10. The molecule has 0 saturated heterocycles. The molecular formula is C11H11NO4. The second-order valence-electron chi connectivity index (χ2n) is 3.15. The van der Waals surface area contributed by atoms with Gasteiger partial charge in [0.15, 0.2) is 0 Å². The first-order valence-corrected chi connectivity index (χ1v) is 4.65. The second kappa shape index (κ2) is 5.65. The largest absolute Gasteiger partial charge is 0.481 e. The molecule has 0 unspecified atom stereocenters. The van der Waals surface area contributed by atoms with Gasteiger partial charge in [-0.1, -0.05) is 0 Å². The van der Waals surface area contributed by atoms with Crippen molar-refractivity contribution in [2.45, 2.75) is 12.8 Å². The van der Waals surface area contributed by atoms with Gasteiger partial charge in [0, 0.05) is 24.4 Å².